The molecule has 1 saturated carbocycles. The van der Waals surface area contributed by atoms with Crippen LogP contribution in [0.1, 0.15) is 96.8 Å². The summed E-state index contributed by atoms with van der Waals surface area (Å²) in [6.45, 7) is 2.14. The fourth-order valence-electron chi connectivity index (χ4n) is 4.12. The molecule has 0 saturated heterocycles. The summed E-state index contributed by atoms with van der Waals surface area (Å²) in [5, 5.41) is 29.2. The molecule has 0 heterocycles. The van der Waals surface area contributed by atoms with Crippen LogP contribution in [-0.2, 0) is 9.59 Å². The minimum Gasteiger partial charge on any atom is -0.481 e. The van der Waals surface area contributed by atoms with Crippen molar-refractivity contribution >= 4 is 11.8 Å². The third-order valence-corrected chi connectivity index (χ3v) is 5.74. The van der Waals surface area contributed by atoms with Crippen molar-refractivity contribution in [2.24, 2.45) is 11.8 Å². The summed E-state index contributed by atoms with van der Waals surface area (Å²) >= 11 is 0. The average Bonchev–Trinajstić information content (AvgIpc) is 2.59. The van der Waals surface area contributed by atoms with Gasteiger partial charge in [0, 0.05) is 18.8 Å². The number of ketones is 1. The highest BCUT2D eigenvalue weighted by Crippen LogP contribution is 2.35. The highest BCUT2D eigenvalue weighted by Gasteiger charge is 2.37. The molecule has 5 heteroatoms. The highest BCUT2D eigenvalue weighted by molar-refractivity contribution is 5.82. The van der Waals surface area contributed by atoms with Crippen molar-refractivity contribution in [3.8, 4) is 0 Å². The zero-order chi connectivity index (χ0) is 19.4. The number of carboxylic acid groups (broad SMARTS) is 1. The first-order valence-electron chi connectivity index (χ1n) is 10.6. The van der Waals surface area contributed by atoms with Crippen molar-refractivity contribution in [2.45, 2.75) is 109 Å². The summed E-state index contributed by atoms with van der Waals surface area (Å²) in [4.78, 5) is 22.9. The number of aliphatic carboxylic acids is 1. The summed E-state index contributed by atoms with van der Waals surface area (Å²) in [6, 6.07) is 0. The predicted octanol–water partition coefficient (Wildman–Crippen LogP) is 4.09. The van der Waals surface area contributed by atoms with Crippen LogP contribution in [0.15, 0.2) is 0 Å². The Morgan fingerprint density at radius 1 is 1.08 bits per heavy atom. The first kappa shape index (κ1) is 23.1. The summed E-state index contributed by atoms with van der Waals surface area (Å²) in [5.41, 5.74) is 0. The molecule has 5 nitrogen and oxygen atoms in total. The van der Waals surface area contributed by atoms with E-state index in [1.165, 1.54) is 0 Å². The topological polar surface area (TPSA) is 94.8 Å². The Labute approximate surface area is 158 Å². The molecule has 1 rings (SSSR count). The van der Waals surface area contributed by atoms with Gasteiger partial charge in [-0.15, -0.1) is 0 Å². The van der Waals surface area contributed by atoms with Crippen LogP contribution in [-0.4, -0.2) is 39.3 Å². The van der Waals surface area contributed by atoms with Gasteiger partial charge in [0.25, 0.3) is 0 Å². The van der Waals surface area contributed by atoms with E-state index in [-0.39, 0.29) is 30.1 Å². The Hall–Kier alpha value is -0.940. The van der Waals surface area contributed by atoms with Crippen molar-refractivity contribution in [3.05, 3.63) is 0 Å². The molecule has 0 aromatic carbocycles. The minimum absolute atomic E-state index is 0.0314. The van der Waals surface area contributed by atoms with Crippen LogP contribution >= 0.6 is 0 Å². The number of rotatable bonds is 14. The quantitative estimate of drug-likeness (QED) is 0.400. The van der Waals surface area contributed by atoms with E-state index in [0.717, 1.165) is 51.4 Å². The molecule has 3 N–H and O–H groups in total. The Bertz CT molecular complexity index is 409. The van der Waals surface area contributed by atoms with Gasteiger partial charge in [0.1, 0.15) is 5.78 Å². The summed E-state index contributed by atoms with van der Waals surface area (Å²) in [5.74, 6) is -0.628. The average molecular weight is 371 g/mol. The van der Waals surface area contributed by atoms with E-state index in [4.69, 9.17) is 5.11 Å². The molecular formula is C21H38O5. The monoisotopic (exact) mass is 370 g/mol. The minimum atomic E-state index is -0.756. The molecule has 0 spiro atoms. The number of carboxylic acids is 1. The maximum atomic E-state index is 12.4. The number of carbonyl (C=O) groups excluding carboxylic acids is 1. The molecule has 0 aromatic rings. The van der Waals surface area contributed by atoms with Gasteiger partial charge in [0.05, 0.1) is 12.2 Å². The molecule has 1 aliphatic rings. The highest BCUT2D eigenvalue weighted by atomic mass is 16.4. The number of unbranched alkanes of at least 4 members (excludes halogenated alkanes) is 5. The maximum Gasteiger partial charge on any atom is 0.303 e. The number of Topliss-reactive ketones (excluding diaryl/α,β-unsaturated/α-hetero) is 1. The first-order valence-corrected chi connectivity index (χ1v) is 10.6. The fourth-order valence-corrected chi connectivity index (χ4v) is 4.12. The van der Waals surface area contributed by atoms with E-state index in [1.54, 1.807) is 0 Å². The lowest BCUT2D eigenvalue weighted by molar-refractivity contribution is -0.137. The van der Waals surface area contributed by atoms with Crippen molar-refractivity contribution in [1.29, 1.82) is 0 Å². The van der Waals surface area contributed by atoms with Gasteiger partial charge < -0.3 is 15.3 Å². The Morgan fingerprint density at radius 3 is 2.50 bits per heavy atom. The lowest BCUT2D eigenvalue weighted by Gasteiger charge is -2.35. The van der Waals surface area contributed by atoms with E-state index < -0.39 is 12.1 Å². The number of aliphatic hydroxyl groups excluding tert-OH is 2. The smallest absolute Gasteiger partial charge is 0.303 e. The van der Waals surface area contributed by atoms with E-state index >= 15 is 0 Å². The van der Waals surface area contributed by atoms with Crippen LogP contribution in [0.3, 0.4) is 0 Å². The van der Waals surface area contributed by atoms with Crippen LogP contribution < -0.4 is 0 Å². The van der Waals surface area contributed by atoms with Crippen LogP contribution in [0.4, 0.5) is 0 Å². The molecule has 4 atom stereocenters. The molecule has 1 aliphatic carbocycles. The number of aliphatic hydroxyl groups is 2. The molecule has 0 amide bonds. The molecule has 0 bridgehead atoms. The maximum absolute atomic E-state index is 12.4. The largest absolute Gasteiger partial charge is 0.481 e. The molecule has 26 heavy (non-hydrogen) atoms. The van der Waals surface area contributed by atoms with E-state index in [9.17, 15) is 19.8 Å². The zero-order valence-electron chi connectivity index (χ0n) is 16.4. The van der Waals surface area contributed by atoms with E-state index in [0.29, 0.717) is 32.1 Å². The molecule has 1 fully saturated rings. The summed E-state index contributed by atoms with van der Waals surface area (Å²) in [6.07, 6.45) is 10.1. The Kier molecular flexibility index (Phi) is 11.8. The van der Waals surface area contributed by atoms with Crippen LogP contribution in [0, 0.1) is 11.8 Å². The van der Waals surface area contributed by atoms with Crippen LogP contribution in [0.2, 0.25) is 0 Å². The number of hydrogen-bond acceptors (Lipinski definition) is 4. The van der Waals surface area contributed by atoms with Gasteiger partial charge in [0.2, 0.25) is 0 Å². The predicted molar refractivity (Wildman–Crippen MR) is 102 cm³/mol. The van der Waals surface area contributed by atoms with Crippen LogP contribution in [0.5, 0.6) is 0 Å². The van der Waals surface area contributed by atoms with Crippen molar-refractivity contribution in [1.82, 2.24) is 0 Å². The Balaban J connectivity index is 2.38. The molecular weight excluding hydrogens is 332 g/mol. The van der Waals surface area contributed by atoms with Gasteiger partial charge in [-0.3, -0.25) is 9.59 Å². The second kappa shape index (κ2) is 13.3. The summed E-state index contributed by atoms with van der Waals surface area (Å²) in [7, 11) is 0. The lowest BCUT2D eigenvalue weighted by atomic mass is 9.71. The van der Waals surface area contributed by atoms with Gasteiger partial charge in [0.15, 0.2) is 0 Å². The van der Waals surface area contributed by atoms with Crippen molar-refractivity contribution < 1.29 is 24.9 Å². The SMILES string of the molecule is CCCCC[C@H](O)CC[C@H]1[C@H](O)CCC(=O)[C@@H]1CCCCCCC(=O)O. The zero-order valence-corrected chi connectivity index (χ0v) is 16.4. The van der Waals surface area contributed by atoms with Gasteiger partial charge >= 0.3 is 5.97 Å². The third kappa shape index (κ3) is 9.13. The van der Waals surface area contributed by atoms with E-state index in [2.05, 4.69) is 6.92 Å². The summed E-state index contributed by atoms with van der Waals surface area (Å²) < 4.78 is 0. The number of hydrogen-bond donors (Lipinski definition) is 3. The fraction of sp³-hybridized carbons (Fsp3) is 0.905. The standard InChI is InChI=1S/C21H38O5/c1-2-3-6-9-16(22)12-13-18-17(19(23)14-15-20(18)24)10-7-4-5-8-11-21(25)26/h16-18,20,22,24H,2-15H2,1H3,(H,25,26)/t16-,17+,18+,20+/m0/s1. The van der Waals surface area contributed by atoms with Crippen molar-refractivity contribution in [2.75, 3.05) is 0 Å². The van der Waals surface area contributed by atoms with Gasteiger partial charge in [-0.2, -0.15) is 0 Å². The lowest BCUT2D eigenvalue weighted by Crippen LogP contribution is -2.38. The van der Waals surface area contributed by atoms with E-state index in [1.807, 2.05) is 0 Å². The van der Waals surface area contributed by atoms with Gasteiger partial charge in [-0.05, 0) is 44.4 Å². The second-order valence-corrected chi connectivity index (χ2v) is 7.92. The number of carbonyl (C=O) groups is 2. The molecule has 0 aliphatic heterocycles. The van der Waals surface area contributed by atoms with Crippen LogP contribution in [0.25, 0.3) is 0 Å². The molecule has 0 unspecified atom stereocenters. The molecule has 0 aromatic heterocycles. The van der Waals surface area contributed by atoms with Gasteiger partial charge in [-0.25, -0.2) is 0 Å². The van der Waals surface area contributed by atoms with Crippen molar-refractivity contribution in [3.63, 3.8) is 0 Å². The van der Waals surface area contributed by atoms with Gasteiger partial charge in [-0.1, -0.05) is 45.4 Å². The first-order chi connectivity index (χ1) is 12.5. The third-order valence-electron chi connectivity index (χ3n) is 5.74. The Morgan fingerprint density at radius 2 is 1.81 bits per heavy atom. The molecule has 0 radical (unpaired) electrons. The second-order valence-electron chi connectivity index (χ2n) is 7.92. The normalized spacial score (nSPS) is 24.6. The molecule has 152 valence electrons.